The number of hydrogen-bond acceptors (Lipinski definition) is 1. The van der Waals surface area contributed by atoms with Crippen molar-refractivity contribution < 1.29 is 46.5 Å². The third kappa shape index (κ3) is 4.61. The van der Waals surface area contributed by atoms with E-state index in [4.69, 9.17) is 0 Å². The van der Waals surface area contributed by atoms with E-state index in [2.05, 4.69) is 49.6 Å². The molecule has 2 aliphatic rings. The van der Waals surface area contributed by atoms with E-state index in [1.165, 1.54) is 11.1 Å². The summed E-state index contributed by atoms with van der Waals surface area (Å²) in [6, 6.07) is 0. The SMILES string of the molecule is CSC1(CC2=[C-]CC=C2)CC=CC=C1C.[Cl-].[Cl-].[Ti+3]. The van der Waals surface area contributed by atoms with Gasteiger partial charge in [-0.3, -0.25) is 6.08 Å². The Morgan fingerprint density at radius 2 is 2.06 bits per heavy atom. The van der Waals surface area contributed by atoms with Crippen molar-refractivity contribution in [3.63, 3.8) is 0 Å². The number of thioether (sulfide) groups is 1. The van der Waals surface area contributed by atoms with Gasteiger partial charge in [0.2, 0.25) is 0 Å². The number of rotatable bonds is 3. The van der Waals surface area contributed by atoms with Crippen molar-refractivity contribution in [2.75, 3.05) is 6.26 Å². The second-order valence-corrected chi connectivity index (χ2v) is 5.36. The van der Waals surface area contributed by atoms with E-state index >= 15 is 0 Å². The molecule has 1 atom stereocenters. The van der Waals surface area contributed by atoms with Crippen LogP contribution in [0, 0.1) is 6.08 Å². The molecule has 0 fully saturated rings. The van der Waals surface area contributed by atoms with Crippen molar-refractivity contribution in [1.82, 2.24) is 0 Å². The molecule has 0 saturated heterocycles. The van der Waals surface area contributed by atoms with E-state index < -0.39 is 0 Å². The maximum atomic E-state index is 3.42. The van der Waals surface area contributed by atoms with Gasteiger partial charge >= 0.3 is 21.7 Å². The molecule has 0 aromatic heterocycles. The van der Waals surface area contributed by atoms with Crippen molar-refractivity contribution in [2.45, 2.75) is 30.9 Å². The largest absolute Gasteiger partial charge is 3.00 e. The van der Waals surface area contributed by atoms with Crippen LogP contribution in [0.1, 0.15) is 26.2 Å². The number of allylic oxidation sites excluding steroid dienone is 7. The minimum absolute atomic E-state index is 0. The van der Waals surface area contributed by atoms with Gasteiger partial charge in [-0.15, -0.1) is 6.42 Å². The van der Waals surface area contributed by atoms with Gasteiger partial charge in [-0.25, -0.2) is 11.6 Å². The predicted octanol–water partition coefficient (Wildman–Crippen LogP) is -1.92. The van der Waals surface area contributed by atoms with Crippen molar-refractivity contribution in [3.8, 4) is 0 Å². The van der Waals surface area contributed by atoms with Crippen molar-refractivity contribution in [3.05, 3.63) is 47.6 Å². The van der Waals surface area contributed by atoms with Gasteiger partial charge < -0.3 is 24.8 Å². The molecule has 1 unspecified atom stereocenters. The van der Waals surface area contributed by atoms with E-state index in [0.29, 0.717) is 0 Å². The topological polar surface area (TPSA) is 0 Å². The molecule has 0 spiro atoms. The van der Waals surface area contributed by atoms with Crippen LogP contribution >= 0.6 is 11.8 Å². The van der Waals surface area contributed by atoms with Crippen molar-refractivity contribution >= 4 is 11.8 Å². The van der Waals surface area contributed by atoms with Crippen LogP contribution in [0.3, 0.4) is 0 Å². The molecule has 0 saturated carbocycles. The molecule has 2 rings (SSSR count). The van der Waals surface area contributed by atoms with E-state index in [0.717, 1.165) is 19.3 Å². The van der Waals surface area contributed by atoms with Crippen LogP contribution in [0.4, 0.5) is 0 Å². The summed E-state index contributed by atoms with van der Waals surface area (Å²) in [5.74, 6) is 0. The Morgan fingerprint density at radius 1 is 1.33 bits per heavy atom. The maximum Gasteiger partial charge on any atom is 3.00 e. The van der Waals surface area contributed by atoms with Gasteiger partial charge in [-0.1, -0.05) is 23.8 Å². The summed E-state index contributed by atoms with van der Waals surface area (Å²) in [5, 5.41) is 0. The minimum atomic E-state index is 0. The molecule has 0 aromatic carbocycles. The number of halogens is 2. The summed E-state index contributed by atoms with van der Waals surface area (Å²) in [5.41, 5.74) is 2.87. The van der Waals surface area contributed by atoms with E-state index in [-0.39, 0.29) is 51.3 Å². The molecule has 0 bridgehead atoms. The smallest absolute Gasteiger partial charge is 1.00 e. The molecule has 97 valence electrons. The molecule has 4 heteroatoms. The molecule has 0 nitrogen and oxygen atoms in total. The monoisotopic (exact) mass is 335 g/mol. The van der Waals surface area contributed by atoms with Crippen LogP contribution in [0.5, 0.6) is 0 Å². The molecular formula is C14H17Cl2STi. The van der Waals surface area contributed by atoms with Gasteiger partial charge in [0.25, 0.3) is 0 Å². The second-order valence-electron chi connectivity index (χ2n) is 4.17. The summed E-state index contributed by atoms with van der Waals surface area (Å²) >= 11 is 1.97. The summed E-state index contributed by atoms with van der Waals surface area (Å²) < 4.78 is 0.283. The molecule has 18 heavy (non-hydrogen) atoms. The first-order valence-electron chi connectivity index (χ1n) is 5.42. The quantitative estimate of drug-likeness (QED) is 0.428. The third-order valence-electron chi connectivity index (χ3n) is 3.28. The zero-order valence-corrected chi connectivity index (χ0v) is 14.6. The summed E-state index contributed by atoms with van der Waals surface area (Å²) in [4.78, 5) is 0. The minimum Gasteiger partial charge on any atom is -1.00 e. The Labute approximate surface area is 142 Å². The first-order chi connectivity index (χ1) is 7.27. The Morgan fingerprint density at radius 3 is 2.56 bits per heavy atom. The second kappa shape index (κ2) is 9.50. The standard InChI is InChI=1S/C14H17S.2ClH.Ti/c1-12-7-5-6-10-14(12,15-2)11-13-8-3-4-9-13;;;/h3,5-8H,4,10-11H2,1-2H3;2*1H;/q-1;;;+3/p-2. The first kappa shape index (κ1) is 20.9. The Bertz CT molecular complexity index is 372. The normalized spacial score (nSPS) is 24.3. The fourth-order valence-electron chi connectivity index (χ4n) is 2.19. The van der Waals surface area contributed by atoms with Gasteiger partial charge in [0, 0.05) is 4.75 Å². The van der Waals surface area contributed by atoms with Crippen LogP contribution in [-0.2, 0) is 21.7 Å². The average molecular weight is 336 g/mol. The average Bonchev–Trinajstić information content (AvgIpc) is 2.74. The molecule has 2 aliphatic carbocycles. The van der Waals surface area contributed by atoms with Gasteiger partial charge in [0.15, 0.2) is 0 Å². The van der Waals surface area contributed by atoms with Crippen LogP contribution < -0.4 is 24.8 Å². The van der Waals surface area contributed by atoms with Gasteiger partial charge in [-0.05, 0) is 26.0 Å². The number of hydrogen-bond donors (Lipinski definition) is 0. The van der Waals surface area contributed by atoms with Crippen LogP contribution in [-0.4, -0.2) is 11.0 Å². The Hall–Kier alpha value is 0.604. The zero-order valence-electron chi connectivity index (χ0n) is 10.7. The molecule has 0 aliphatic heterocycles. The summed E-state index contributed by atoms with van der Waals surface area (Å²) in [7, 11) is 0. The van der Waals surface area contributed by atoms with Crippen LogP contribution in [0.25, 0.3) is 0 Å². The summed E-state index contributed by atoms with van der Waals surface area (Å²) in [6.45, 7) is 2.25. The predicted molar refractivity (Wildman–Crippen MR) is 68.9 cm³/mol. The van der Waals surface area contributed by atoms with Crippen molar-refractivity contribution in [1.29, 1.82) is 0 Å². The maximum absolute atomic E-state index is 3.42. The Kier molecular flexibility index (Phi) is 11.0. The van der Waals surface area contributed by atoms with Gasteiger partial charge in [-0.2, -0.15) is 17.8 Å². The van der Waals surface area contributed by atoms with E-state index in [1.54, 1.807) is 0 Å². The van der Waals surface area contributed by atoms with Crippen molar-refractivity contribution in [2.24, 2.45) is 0 Å². The third-order valence-corrected chi connectivity index (χ3v) is 4.70. The fraction of sp³-hybridized carbons (Fsp3) is 0.429. The molecule has 0 heterocycles. The van der Waals surface area contributed by atoms with Crippen LogP contribution in [0.2, 0.25) is 0 Å². The van der Waals surface area contributed by atoms with Crippen LogP contribution in [0.15, 0.2) is 41.5 Å². The summed E-state index contributed by atoms with van der Waals surface area (Å²) in [6.07, 6.45) is 20.0. The van der Waals surface area contributed by atoms with E-state index in [9.17, 15) is 0 Å². The zero-order chi connectivity index (χ0) is 10.7. The molecule has 0 amide bonds. The first-order valence-corrected chi connectivity index (χ1v) is 6.65. The van der Waals surface area contributed by atoms with E-state index in [1.807, 2.05) is 11.8 Å². The molecular weight excluding hydrogens is 319 g/mol. The molecule has 1 radical (unpaired) electrons. The fourth-order valence-corrected chi connectivity index (χ4v) is 3.14. The van der Waals surface area contributed by atoms with Gasteiger partial charge in [0.05, 0.1) is 0 Å². The van der Waals surface area contributed by atoms with Gasteiger partial charge in [0.1, 0.15) is 0 Å². The molecule has 0 aromatic rings. The molecule has 0 N–H and O–H groups in total. The Balaban J connectivity index is 0.